The summed E-state index contributed by atoms with van der Waals surface area (Å²) in [6, 6.07) is 2.42. The normalized spacial score (nSPS) is 10.5. The van der Waals surface area contributed by atoms with E-state index in [4.69, 9.17) is 11.0 Å². The molecule has 0 radical (unpaired) electrons. The van der Waals surface area contributed by atoms with E-state index in [-0.39, 0.29) is 5.91 Å². The average molecular weight is 197 g/mol. The highest BCUT2D eigenvalue weighted by Gasteiger charge is 2.10. The van der Waals surface area contributed by atoms with E-state index < -0.39 is 0 Å². The molecule has 0 aliphatic rings. The highest BCUT2D eigenvalue weighted by atomic mass is 16.1. The van der Waals surface area contributed by atoms with Gasteiger partial charge in [-0.25, -0.2) is 0 Å². The Morgan fingerprint density at radius 1 is 1.50 bits per heavy atom. The fourth-order valence-electron chi connectivity index (χ4n) is 1.24. The van der Waals surface area contributed by atoms with Gasteiger partial charge >= 0.3 is 0 Å². The molecule has 1 amide bonds. The Morgan fingerprint density at radius 3 is 2.57 bits per heavy atom. The summed E-state index contributed by atoms with van der Waals surface area (Å²) in [7, 11) is 0. The number of hydrogen-bond acceptors (Lipinski definition) is 3. The number of hydrogen-bond donors (Lipinski definition) is 1. The molecule has 0 aliphatic heterocycles. The molecule has 4 heteroatoms. The number of carbonyl (C=O) groups is 1. The number of nitriles is 1. The Bertz CT molecular complexity index is 208. The first-order valence-electron chi connectivity index (χ1n) is 4.97. The van der Waals surface area contributed by atoms with Gasteiger partial charge in [0, 0.05) is 12.5 Å². The van der Waals surface area contributed by atoms with Crippen molar-refractivity contribution in [3.8, 4) is 6.07 Å². The third kappa shape index (κ3) is 6.44. The van der Waals surface area contributed by atoms with Crippen LogP contribution >= 0.6 is 0 Å². The lowest BCUT2D eigenvalue weighted by Crippen LogP contribution is -2.39. The van der Waals surface area contributed by atoms with Gasteiger partial charge in [-0.2, -0.15) is 5.26 Å². The molecule has 0 aliphatic carbocycles. The Morgan fingerprint density at radius 2 is 2.14 bits per heavy atom. The molecule has 0 atom stereocenters. The van der Waals surface area contributed by atoms with Crippen molar-refractivity contribution in [2.75, 3.05) is 13.1 Å². The number of amides is 1. The maximum absolute atomic E-state index is 10.7. The van der Waals surface area contributed by atoms with Crippen molar-refractivity contribution in [1.29, 1.82) is 5.26 Å². The van der Waals surface area contributed by atoms with E-state index in [0.717, 1.165) is 19.4 Å². The second kappa shape index (κ2) is 7.34. The van der Waals surface area contributed by atoms with Gasteiger partial charge in [-0.3, -0.25) is 9.69 Å². The van der Waals surface area contributed by atoms with Gasteiger partial charge in [0.25, 0.3) is 0 Å². The van der Waals surface area contributed by atoms with Crippen molar-refractivity contribution < 1.29 is 4.79 Å². The van der Waals surface area contributed by atoms with Crippen LogP contribution in [0.25, 0.3) is 0 Å². The van der Waals surface area contributed by atoms with Crippen molar-refractivity contribution in [2.45, 2.75) is 39.2 Å². The van der Waals surface area contributed by atoms with Crippen LogP contribution in [-0.4, -0.2) is 29.9 Å². The quantitative estimate of drug-likeness (QED) is 0.616. The predicted molar refractivity (Wildman–Crippen MR) is 55.4 cm³/mol. The SMILES string of the molecule is CC(C)N(CCCCC#N)CC(N)=O. The number of nitrogens with two attached hydrogens (primary N) is 1. The maximum atomic E-state index is 10.7. The highest BCUT2D eigenvalue weighted by Crippen LogP contribution is 2.02. The third-order valence-electron chi connectivity index (χ3n) is 2.07. The van der Waals surface area contributed by atoms with E-state index in [1.807, 2.05) is 18.7 Å². The highest BCUT2D eigenvalue weighted by molar-refractivity contribution is 5.75. The minimum atomic E-state index is -0.293. The summed E-state index contributed by atoms with van der Waals surface area (Å²) in [6.07, 6.45) is 2.42. The zero-order chi connectivity index (χ0) is 11.0. The van der Waals surface area contributed by atoms with E-state index in [1.165, 1.54) is 0 Å². The third-order valence-corrected chi connectivity index (χ3v) is 2.07. The lowest BCUT2D eigenvalue weighted by molar-refractivity contribution is -0.119. The zero-order valence-electron chi connectivity index (χ0n) is 8.99. The molecular formula is C10H19N3O. The Kier molecular flexibility index (Phi) is 6.77. The molecule has 0 aromatic heterocycles. The summed E-state index contributed by atoms with van der Waals surface area (Å²) < 4.78 is 0. The van der Waals surface area contributed by atoms with Crippen molar-refractivity contribution in [3.63, 3.8) is 0 Å². The van der Waals surface area contributed by atoms with E-state index >= 15 is 0 Å². The van der Waals surface area contributed by atoms with Gasteiger partial charge in [0.15, 0.2) is 0 Å². The molecule has 0 aromatic rings. The molecule has 0 unspecified atom stereocenters. The molecule has 0 bridgehead atoms. The van der Waals surface area contributed by atoms with Gasteiger partial charge in [-0.1, -0.05) is 0 Å². The van der Waals surface area contributed by atoms with Crippen LogP contribution < -0.4 is 5.73 Å². The number of unbranched alkanes of at least 4 members (excludes halogenated alkanes) is 2. The average Bonchev–Trinajstić information content (AvgIpc) is 2.09. The maximum Gasteiger partial charge on any atom is 0.231 e. The number of rotatable bonds is 7. The van der Waals surface area contributed by atoms with Crippen molar-refractivity contribution >= 4 is 5.91 Å². The molecule has 0 aromatic carbocycles. The number of primary amides is 1. The summed E-state index contributed by atoms with van der Waals surface area (Å²) >= 11 is 0. The summed E-state index contributed by atoms with van der Waals surface area (Å²) in [6.45, 7) is 5.22. The fourth-order valence-corrected chi connectivity index (χ4v) is 1.24. The summed E-state index contributed by atoms with van der Waals surface area (Å²) in [5, 5.41) is 8.35. The zero-order valence-corrected chi connectivity index (χ0v) is 8.99. The van der Waals surface area contributed by atoms with Crippen molar-refractivity contribution in [3.05, 3.63) is 0 Å². The van der Waals surface area contributed by atoms with Crippen LogP contribution in [0.1, 0.15) is 33.1 Å². The Hall–Kier alpha value is -1.08. The monoisotopic (exact) mass is 197 g/mol. The molecule has 80 valence electrons. The van der Waals surface area contributed by atoms with Gasteiger partial charge in [0.05, 0.1) is 12.6 Å². The molecular weight excluding hydrogens is 178 g/mol. The lowest BCUT2D eigenvalue weighted by atomic mass is 10.2. The molecule has 0 rings (SSSR count). The minimum Gasteiger partial charge on any atom is -0.369 e. The van der Waals surface area contributed by atoms with E-state index in [0.29, 0.717) is 19.0 Å². The molecule has 0 heterocycles. The molecule has 0 spiro atoms. The standard InChI is InChI=1S/C10H19N3O/c1-9(2)13(8-10(12)14)7-5-3-4-6-11/h9H,3-5,7-8H2,1-2H3,(H2,12,14). The second-order valence-electron chi connectivity index (χ2n) is 3.65. The summed E-state index contributed by atoms with van der Waals surface area (Å²) in [5.41, 5.74) is 5.13. The first-order valence-corrected chi connectivity index (χ1v) is 4.97. The van der Waals surface area contributed by atoms with Crippen LogP contribution in [0.2, 0.25) is 0 Å². The van der Waals surface area contributed by atoms with Crippen LogP contribution in [0.5, 0.6) is 0 Å². The van der Waals surface area contributed by atoms with E-state index in [2.05, 4.69) is 6.07 Å². The fraction of sp³-hybridized carbons (Fsp3) is 0.800. The van der Waals surface area contributed by atoms with Gasteiger partial charge in [-0.15, -0.1) is 0 Å². The van der Waals surface area contributed by atoms with Gasteiger partial charge < -0.3 is 5.73 Å². The van der Waals surface area contributed by atoms with Gasteiger partial charge in [0.1, 0.15) is 0 Å². The molecule has 0 saturated heterocycles. The summed E-state index contributed by atoms with van der Waals surface area (Å²) in [4.78, 5) is 12.8. The van der Waals surface area contributed by atoms with Crippen molar-refractivity contribution in [2.24, 2.45) is 5.73 Å². The molecule has 4 nitrogen and oxygen atoms in total. The van der Waals surface area contributed by atoms with E-state index in [1.54, 1.807) is 0 Å². The summed E-state index contributed by atoms with van der Waals surface area (Å²) in [5.74, 6) is -0.293. The van der Waals surface area contributed by atoms with Crippen LogP contribution in [0.4, 0.5) is 0 Å². The van der Waals surface area contributed by atoms with Crippen LogP contribution in [0, 0.1) is 11.3 Å². The number of nitrogens with zero attached hydrogens (tertiary/aromatic N) is 2. The second-order valence-corrected chi connectivity index (χ2v) is 3.65. The van der Waals surface area contributed by atoms with E-state index in [9.17, 15) is 4.79 Å². The van der Waals surface area contributed by atoms with Gasteiger partial charge in [-0.05, 0) is 33.2 Å². The topological polar surface area (TPSA) is 70.1 Å². The Labute approximate surface area is 85.7 Å². The first kappa shape index (κ1) is 12.9. The minimum absolute atomic E-state index is 0.293. The van der Waals surface area contributed by atoms with Crippen LogP contribution in [0.15, 0.2) is 0 Å². The molecule has 2 N–H and O–H groups in total. The van der Waals surface area contributed by atoms with Crippen molar-refractivity contribution in [1.82, 2.24) is 4.90 Å². The molecule has 0 saturated carbocycles. The smallest absolute Gasteiger partial charge is 0.231 e. The largest absolute Gasteiger partial charge is 0.369 e. The van der Waals surface area contributed by atoms with Crippen LogP contribution in [0.3, 0.4) is 0 Å². The number of carbonyl (C=O) groups excluding carboxylic acids is 1. The van der Waals surface area contributed by atoms with Crippen LogP contribution in [-0.2, 0) is 4.79 Å². The van der Waals surface area contributed by atoms with Gasteiger partial charge in [0.2, 0.25) is 5.91 Å². The Balaban J connectivity index is 3.75. The predicted octanol–water partition coefficient (Wildman–Crippen LogP) is 0.876. The molecule has 14 heavy (non-hydrogen) atoms. The molecule has 0 fully saturated rings. The lowest BCUT2D eigenvalue weighted by Gasteiger charge is -2.24. The first-order chi connectivity index (χ1) is 6.57.